The molecule has 0 saturated heterocycles. The first kappa shape index (κ1) is 17.9. The van der Waals surface area contributed by atoms with Gasteiger partial charge in [-0.2, -0.15) is 0 Å². The maximum Gasteiger partial charge on any atom is 0.270 e. The third kappa shape index (κ3) is 4.06. The Morgan fingerprint density at radius 2 is 1.75 bits per heavy atom. The van der Waals surface area contributed by atoms with Crippen LogP contribution < -0.4 is 20.1 Å². The number of fused-ring (bicyclic) bond motifs is 1. The summed E-state index contributed by atoms with van der Waals surface area (Å²) >= 11 is 0. The van der Waals surface area contributed by atoms with Crippen LogP contribution in [0, 0.1) is 0 Å². The van der Waals surface area contributed by atoms with Crippen LogP contribution in [-0.2, 0) is 13.0 Å². The zero-order valence-electron chi connectivity index (χ0n) is 15.6. The zero-order chi connectivity index (χ0) is 19.3. The minimum atomic E-state index is -0.234. The molecule has 6 nitrogen and oxygen atoms in total. The van der Waals surface area contributed by atoms with Gasteiger partial charge in [0.05, 0.1) is 0 Å². The first-order chi connectivity index (χ1) is 13.7. The predicted molar refractivity (Wildman–Crippen MR) is 107 cm³/mol. The number of carbonyl (C=O) groups is 1. The van der Waals surface area contributed by atoms with Crippen LogP contribution in [0.3, 0.4) is 0 Å². The van der Waals surface area contributed by atoms with E-state index in [0.717, 1.165) is 29.1 Å². The van der Waals surface area contributed by atoms with Gasteiger partial charge in [-0.05, 0) is 53.9 Å². The van der Waals surface area contributed by atoms with Crippen LogP contribution >= 0.6 is 0 Å². The molecule has 0 aliphatic carbocycles. The average Bonchev–Trinajstić information content (AvgIpc) is 3.20. The van der Waals surface area contributed by atoms with E-state index < -0.39 is 0 Å². The van der Waals surface area contributed by atoms with E-state index >= 15 is 0 Å². The van der Waals surface area contributed by atoms with Crippen molar-refractivity contribution in [2.24, 2.45) is 0 Å². The lowest BCUT2D eigenvalue weighted by atomic mass is 10.1. The van der Waals surface area contributed by atoms with Crippen LogP contribution in [0.25, 0.3) is 0 Å². The average molecular weight is 375 g/mol. The van der Waals surface area contributed by atoms with E-state index in [0.29, 0.717) is 18.0 Å². The van der Waals surface area contributed by atoms with E-state index in [9.17, 15) is 4.79 Å². The number of aryl methyl sites for hydroxylation is 1. The van der Waals surface area contributed by atoms with Gasteiger partial charge >= 0.3 is 0 Å². The molecule has 6 heteroatoms. The number of benzene rings is 2. The van der Waals surface area contributed by atoms with Gasteiger partial charge in [0.2, 0.25) is 6.79 Å². The molecule has 0 radical (unpaired) electrons. The minimum absolute atomic E-state index is 0.232. The van der Waals surface area contributed by atoms with Crippen molar-refractivity contribution in [1.82, 2.24) is 10.3 Å². The Hall–Kier alpha value is -3.54. The summed E-state index contributed by atoms with van der Waals surface area (Å²) in [7, 11) is 0. The summed E-state index contributed by atoms with van der Waals surface area (Å²) in [5.74, 6) is 1.19. The minimum Gasteiger partial charge on any atom is -0.454 e. The van der Waals surface area contributed by atoms with Crippen molar-refractivity contribution in [3.63, 3.8) is 0 Å². The number of carbonyl (C=O) groups excluding carboxylic acids is 1. The Bertz CT molecular complexity index is 987. The predicted octanol–water partition coefficient (Wildman–Crippen LogP) is 4.05. The Morgan fingerprint density at radius 3 is 2.57 bits per heavy atom. The molecule has 0 fully saturated rings. The second-order valence-electron chi connectivity index (χ2n) is 6.48. The molecule has 1 amide bonds. The lowest BCUT2D eigenvalue weighted by Crippen LogP contribution is -2.23. The van der Waals surface area contributed by atoms with E-state index in [1.54, 1.807) is 12.3 Å². The second kappa shape index (κ2) is 8.00. The summed E-state index contributed by atoms with van der Waals surface area (Å²) in [6.45, 7) is 2.74. The molecule has 2 N–H and O–H groups in total. The third-order valence-electron chi connectivity index (χ3n) is 4.53. The number of hydrogen-bond acceptors (Lipinski definition) is 5. The standard InChI is InChI=1S/C22H21N3O3/c1-2-15-3-6-17(7-4-15)25-18-9-10-23-19(12-18)22(26)24-13-16-5-8-20-21(11-16)28-14-27-20/h3-12H,2,13-14H2,1H3,(H,23,25)(H,24,26). The molecular weight excluding hydrogens is 354 g/mol. The van der Waals surface area contributed by atoms with Gasteiger partial charge in [0, 0.05) is 24.1 Å². The van der Waals surface area contributed by atoms with Crippen LogP contribution in [-0.4, -0.2) is 17.7 Å². The first-order valence-electron chi connectivity index (χ1n) is 9.20. The molecule has 0 unspecified atom stereocenters. The van der Waals surface area contributed by atoms with Gasteiger partial charge in [-0.25, -0.2) is 0 Å². The number of amides is 1. The van der Waals surface area contributed by atoms with E-state index in [1.807, 2.05) is 36.4 Å². The summed E-state index contributed by atoms with van der Waals surface area (Å²) in [4.78, 5) is 16.7. The molecule has 4 rings (SSSR count). The largest absolute Gasteiger partial charge is 0.454 e. The van der Waals surface area contributed by atoms with Gasteiger partial charge in [0.1, 0.15) is 5.69 Å². The van der Waals surface area contributed by atoms with Crippen molar-refractivity contribution in [2.75, 3.05) is 12.1 Å². The summed E-state index contributed by atoms with van der Waals surface area (Å²) < 4.78 is 10.7. The quantitative estimate of drug-likeness (QED) is 0.680. The maximum absolute atomic E-state index is 12.5. The van der Waals surface area contributed by atoms with Crippen molar-refractivity contribution < 1.29 is 14.3 Å². The number of nitrogens with zero attached hydrogens (tertiary/aromatic N) is 1. The summed E-state index contributed by atoms with van der Waals surface area (Å²) in [5, 5.41) is 6.19. The van der Waals surface area contributed by atoms with Crippen molar-refractivity contribution in [3.8, 4) is 11.5 Å². The number of ether oxygens (including phenoxy) is 2. The Morgan fingerprint density at radius 1 is 0.964 bits per heavy atom. The number of pyridine rings is 1. The molecule has 0 bridgehead atoms. The SMILES string of the molecule is CCc1ccc(Nc2ccnc(C(=O)NCc3ccc4c(c3)OCO4)c2)cc1. The number of anilines is 2. The zero-order valence-corrected chi connectivity index (χ0v) is 15.6. The fraction of sp³-hybridized carbons (Fsp3) is 0.182. The molecule has 0 spiro atoms. The van der Waals surface area contributed by atoms with Crippen LogP contribution in [0.2, 0.25) is 0 Å². The molecule has 28 heavy (non-hydrogen) atoms. The normalized spacial score (nSPS) is 11.9. The highest BCUT2D eigenvalue weighted by Gasteiger charge is 2.14. The second-order valence-corrected chi connectivity index (χ2v) is 6.48. The van der Waals surface area contributed by atoms with E-state index in [1.165, 1.54) is 5.56 Å². The number of rotatable bonds is 6. The molecule has 2 aromatic carbocycles. The van der Waals surface area contributed by atoms with Gasteiger partial charge in [-0.3, -0.25) is 9.78 Å². The van der Waals surface area contributed by atoms with Gasteiger partial charge in [-0.15, -0.1) is 0 Å². The fourth-order valence-corrected chi connectivity index (χ4v) is 2.95. The molecule has 1 aromatic heterocycles. The monoisotopic (exact) mass is 375 g/mol. The summed E-state index contributed by atoms with van der Waals surface area (Å²) in [6.07, 6.45) is 2.63. The molecule has 0 saturated carbocycles. The molecule has 0 atom stereocenters. The molecule has 3 aromatic rings. The highest BCUT2D eigenvalue weighted by atomic mass is 16.7. The Kier molecular flexibility index (Phi) is 5.10. The molecule has 2 heterocycles. The number of aromatic nitrogens is 1. The van der Waals surface area contributed by atoms with Crippen molar-refractivity contribution in [2.45, 2.75) is 19.9 Å². The van der Waals surface area contributed by atoms with Crippen LogP contribution in [0.5, 0.6) is 11.5 Å². The van der Waals surface area contributed by atoms with Gasteiger partial charge in [0.15, 0.2) is 11.5 Å². The molecule has 1 aliphatic rings. The van der Waals surface area contributed by atoms with E-state index in [4.69, 9.17) is 9.47 Å². The lowest BCUT2D eigenvalue weighted by molar-refractivity contribution is 0.0946. The van der Waals surface area contributed by atoms with Crippen molar-refractivity contribution in [3.05, 3.63) is 77.6 Å². The lowest BCUT2D eigenvalue weighted by Gasteiger charge is -2.09. The maximum atomic E-state index is 12.5. The number of hydrogen-bond donors (Lipinski definition) is 2. The summed E-state index contributed by atoms with van der Waals surface area (Å²) in [6, 6.07) is 17.4. The molecule has 142 valence electrons. The van der Waals surface area contributed by atoms with E-state index in [2.05, 4.69) is 34.7 Å². The van der Waals surface area contributed by atoms with Gasteiger partial charge in [0.25, 0.3) is 5.91 Å². The van der Waals surface area contributed by atoms with Crippen molar-refractivity contribution in [1.29, 1.82) is 0 Å². The highest BCUT2D eigenvalue weighted by molar-refractivity contribution is 5.93. The van der Waals surface area contributed by atoms with E-state index in [-0.39, 0.29) is 12.7 Å². The van der Waals surface area contributed by atoms with Crippen LogP contribution in [0.15, 0.2) is 60.8 Å². The van der Waals surface area contributed by atoms with Gasteiger partial charge < -0.3 is 20.1 Å². The smallest absolute Gasteiger partial charge is 0.270 e. The van der Waals surface area contributed by atoms with Crippen LogP contribution in [0.1, 0.15) is 28.5 Å². The fourth-order valence-electron chi connectivity index (χ4n) is 2.95. The van der Waals surface area contributed by atoms with Crippen LogP contribution in [0.4, 0.5) is 11.4 Å². The Labute approximate surface area is 163 Å². The third-order valence-corrected chi connectivity index (χ3v) is 4.53. The highest BCUT2D eigenvalue weighted by Crippen LogP contribution is 2.32. The molecular formula is C22H21N3O3. The topological polar surface area (TPSA) is 72.5 Å². The van der Waals surface area contributed by atoms with Gasteiger partial charge in [-0.1, -0.05) is 25.1 Å². The Balaban J connectivity index is 1.39. The summed E-state index contributed by atoms with van der Waals surface area (Å²) in [5.41, 5.74) is 4.35. The van der Waals surface area contributed by atoms with Crippen molar-refractivity contribution >= 4 is 17.3 Å². The molecule has 1 aliphatic heterocycles. The first-order valence-corrected chi connectivity index (χ1v) is 9.20. The number of nitrogens with one attached hydrogen (secondary N) is 2.